The third kappa shape index (κ3) is 3.96. The molecule has 0 radical (unpaired) electrons. The SMILES string of the molecule is CSC1=NC2(CCN(S(=O)(=O)c3ccc(C)cc3C)CC2)N=C1c1ccc(Cl)cc1. The van der Waals surface area contributed by atoms with Gasteiger partial charge in [-0.25, -0.2) is 13.4 Å². The van der Waals surface area contributed by atoms with E-state index in [1.54, 1.807) is 22.1 Å². The average molecular weight is 462 g/mol. The van der Waals surface area contributed by atoms with Gasteiger partial charge in [0, 0.05) is 36.5 Å². The Kier molecular flexibility index (Phi) is 5.83. The molecule has 0 saturated carbocycles. The number of aliphatic imine (C=N–C) groups is 2. The van der Waals surface area contributed by atoms with Gasteiger partial charge in [0.25, 0.3) is 0 Å². The Morgan fingerprint density at radius 2 is 1.70 bits per heavy atom. The minimum absolute atomic E-state index is 0.383. The van der Waals surface area contributed by atoms with E-state index in [0.29, 0.717) is 35.8 Å². The molecule has 1 spiro atoms. The molecule has 0 unspecified atom stereocenters. The van der Waals surface area contributed by atoms with Crippen molar-refractivity contribution in [2.75, 3.05) is 19.3 Å². The summed E-state index contributed by atoms with van der Waals surface area (Å²) in [5.41, 5.74) is 3.10. The number of aryl methyl sites for hydroxylation is 2. The van der Waals surface area contributed by atoms with Crippen molar-refractivity contribution in [3.05, 3.63) is 64.2 Å². The molecule has 2 aromatic carbocycles. The van der Waals surface area contributed by atoms with Crippen molar-refractivity contribution >= 4 is 44.1 Å². The lowest BCUT2D eigenvalue weighted by atomic mass is 10.00. The van der Waals surface area contributed by atoms with Crippen molar-refractivity contribution in [2.45, 2.75) is 37.2 Å². The van der Waals surface area contributed by atoms with Crippen LogP contribution in [0.5, 0.6) is 0 Å². The summed E-state index contributed by atoms with van der Waals surface area (Å²) < 4.78 is 28.0. The highest BCUT2D eigenvalue weighted by atomic mass is 35.5. The fourth-order valence-corrected chi connectivity index (χ4v) is 6.39. The number of hydrogen-bond donors (Lipinski definition) is 0. The van der Waals surface area contributed by atoms with Gasteiger partial charge in [0.1, 0.15) is 5.04 Å². The van der Waals surface area contributed by atoms with Gasteiger partial charge in [-0.05, 0) is 43.9 Å². The highest BCUT2D eigenvalue weighted by Gasteiger charge is 2.42. The molecule has 0 atom stereocenters. The van der Waals surface area contributed by atoms with Crippen LogP contribution in [0.3, 0.4) is 0 Å². The highest BCUT2D eigenvalue weighted by Crippen LogP contribution is 2.37. The number of piperidine rings is 1. The molecule has 0 aliphatic carbocycles. The number of thioether (sulfide) groups is 1. The van der Waals surface area contributed by atoms with Crippen molar-refractivity contribution in [3.8, 4) is 0 Å². The van der Waals surface area contributed by atoms with Crippen LogP contribution < -0.4 is 0 Å². The quantitative estimate of drug-likeness (QED) is 0.665. The molecule has 0 bridgehead atoms. The fourth-order valence-electron chi connectivity index (χ4n) is 4.00. The van der Waals surface area contributed by atoms with Gasteiger partial charge in [-0.1, -0.05) is 41.4 Å². The summed E-state index contributed by atoms with van der Waals surface area (Å²) in [5.74, 6) is 0. The Balaban J connectivity index is 1.57. The van der Waals surface area contributed by atoms with Gasteiger partial charge >= 0.3 is 0 Å². The largest absolute Gasteiger partial charge is 0.252 e. The third-order valence-electron chi connectivity index (χ3n) is 5.61. The minimum atomic E-state index is -3.53. The molecule has 1 saturated heterocycles. The fraction of sp³-hybridized carbons (Fsp3) is 0.364. The Morgan fingerprint density at radius 3 is 2.30 bits per heavy atom. The topological polar surface area (TPSA) is 62.1 Å². The van der Waals surface area contributed by atoms with Gasteiger partial charge in [-0.3, -0.25) is 4.99 Å². The van der Waals surface area contributed by atoms with Crippen LogP contribution in [0.1, 0.15) is 29.5 Å². The summed E-state index contributed by atoms with van der Waals surface area (Å²) in [6.45, 7) is 4.61. The number of halogens is 1. The summed E-state index contributed by atoms with van der Waals surface area (Å²) in [6.07, 6.45) is 3.12. The molecule has 2 aliphatic rings. The van der Waals surface area contributed by atoms with Crippen LogP contribution in [0.4, 0.5) is 0 Å². The zero-order valence-corrected chi connectivity index (χ0v) is 19.6. The van der Waals surface area contributed by atoms with Crippen LogP contribution >= 0.6 is 23.4 Å². The van der Waals surface area contributed by atoms with E-state index in [4.69, 9.17) is 21.6 Å². The monoisotopic (exact) mass is 461 g/mol. The summed E-state index contributed by atoms with van der Waals surface area (Å²) >= 11 is 7.59. The summed E-state index contributed by atoms with van der Waals surface area (Å²) in [4.78, 5) is 10.3. The maximum Gasteiger partial charge on any atom is 0.243 e. The predicted octanol–water partition coefficient (Wildman–Crippen LogP) is 4.70. The van der Waals surface area contributed by atoms with Crippen molar-refractivity contribution in [2.24, 2.45) is 9.98 Å². The Labute approximate surface area is 187 Å². The Morgan fingerprint density at radius 1 is 1.03 bits per heavy atom. The van der Waals surface area contributed by atoms with E-state index in [1.165, 1.54) is 0 Å². The van der Waals surface area contributed by atoms with E-state index in [1.807, 2.05) is 56.5 Å². The zero-order valence-electron chi connectivity index (χ0n) is 17.2. The van der Waals surface area contributed by atoms with E-state index in [0.717, 1.165) is 27.4 Å². The van der Waals surface area contributed by atoms with Crippen molar-refractivity contribution in [3.63, 3.8) is 0 Å². The summed E-state index contributed by atoms with van der Waals surface area (Å²) in [6, 6.07) is 13.1. The van der Waals surface area contributed by atoms with E-state index in [2.05, 4.69) is 0 Å². The van der Waals surface area contributed by atoms with Crippen LogP contribution in [0.25, 0.3) is 0 Å². The highest BCUT2D eigenvalue weighted by molar-refractivity contribution is 8.15. The van der Waals surface area contributed by atoms with Crippen LogP contribution in [0, 0.1) is 13.8 Å². The number of benzene rings is 2. The van der Waals surface area contributed by atoms with E-state index in [-0.39, 0.29) is 0 Å². The molecule has 30 heavy (non-hydrogen) atoms. The second-order valence-electron chi connectivity index (χ2n) is 7.74. The van der Waals surface area contributed by atoms with E-state index >= 15 is 0 Å². The van der Waals surface area contributed by atoms with E-state index < -0.39 is 15.7 Å². The van der Waals surface area contributed by atoms with Crippen molar-refractivity contribution in [1.82, 2.24) is 4.31 Å². The number of hydrogen-bond acceptors (Lipinski definition) is 5. The second kappa shape index (κ2) is 8.11. The predicted molar refractivity (Wildman–Crippen MR) is 126 cm³/mol. The molecule has 8 heteroatoms. The number of sulfonamides is 1. The minimum Gasteiger partial charge on any atom is -0.252 e. The van der Waals surface area contributed by atoms with Crippen LogP contribution in [-0.2, 0) is 10.0 Å². The van der Waals surface area contributed by atoms with Crippen LogP contribution in [0.15, 0.2) is 57.3 Å². The van der Waals surface area contributed by atoms with Gasteiger partial charge in [0.2, 0.25) is 10.0 Å². The van der Waals surface area contributed by atoms with Gasteiger partial charge in [-0.15, -0.1) is 11.8 Å². The Hall–Kier alpha value is -1.67. The maximum absolute atomic E-state index is 13.2. The molecule has 4 rings (SSSR count). The molecule has 1 fully saturated rings. The molecule has 5 nitrogen and oxygen atoms in total. The molecule has 2 heterocycles. The molecule has 0 aromatic heterocycles. The zero-order chi connectivity index (χ0) is 21.5. The second-order valence-corrected chi connectivity index (χ2v) is 10.9. The van der Waals surface area contributed by atoms with Crippen molar-refractivity contribution in [1.29, 1.82) is 0 Å². The lowest BCUT2D eigenvalue weighted by molar-refractivity contribution is 0.249. The molecule has 0 amide bonds. The normalized spacial score (nSPS) is 19.1. The van der Waals surface area contributed by atoms with Gasteiger partial charge in [-0.2, -0.15) is 4.31 Å². The first-order chi connectivity index (χ1) is 14.2. The number of nitrogens with zero attached hydrogens (tertiary/aromatic N) is 3. The maximum atomic E-state index is 13.2. The van der Waals surface area contributed by atoms with Crippen molar-refractivity contribution < 1.29 is 8.42 Å². The first-order valence-corrected chi connectivity index (χ1v) is 12.9. The van der Waals surface area contributed by atoms with E-state index in [9.17, 15) is 8.42 Å². The summed E-state index contributed by atoms with van der Waals surface area (Å²) in [5, 5.41) is 1.57. The smallest absolute Gasteiger partial charge is 0.243 e. The lowest BCUT2D eigenvalue weighted by Crippen LogP contribution is -2.44. The molecule has 2 aliphatic heterocycles. The van der Waals surface area contributed by atoms with Gasteiger partial charge < -0.3 is 0 Å². The lowest BCUT2D eigenvalue weighted by Gasteiger charge is -2.34. The molecular weight excluding hydrogens is 438 g/mol. The molecule has 0 N–H and O–H groups in total. The summed E-state index contributed by atoms with van der Waals surface area (Å²) in [7, 11) is -3.53. The average Bonchev–Trinajstić information content (AvgIpc) is 3.07. The van der Waals surface area contributed by atoms with Gasteiger partial charge in [0.15, 0.2) is 5.66 Å². The number of rotatable bonds is 3. The molecular formula is C22H24ClN3O2S2. The first kappa shape index (κ1) is 21.6. The molecule has 158 valence electrons. The first-order valence-electron chi connectivity index (χ1n) is 9.81. The molecule has 2 aromatic rings. The van der Waals surface area contributed by atoms with Crippen LogP contribution in [-0.4, -0.2) is 48.5 Å². The Bertz CT molecular complexity index is 1130. The van der Waals surface area contributed by atoms with Gasteiger partial charge in [0.05, 0.1) is 10.6 Å². The standard InChI is InChI=1S/C22H24ClN3O2S2/c1-15-4-9-19(16(2)14-15)30(27,28)26-12-10-22(11-13-26)24-20(21(25-22)29-3)17-5-7-18(23)8-6-17/h4-9,14H,10-13H2,1-3H3. The van der Waals surface area contributed by atoms with Crippen LogP contribution in [0.2, 0.25) is 5.02 Å². The third-order valence-corrected chi connectivity index (χ3v) is 8.60.